The molecule has 1 atom stereocenters. The van der Waals surface area contributed by atoms with E-state index in [0.29, 0.717) is 36.9 Å². The van der Waals surface area contributed by atoms with E-state index >= 15 is 0 Å². The number of nitrogens with zero attached hydrogens (tertiary/aromatic N) is 1. The van der Waals surface area contributed by atoms with E-state index < -0.39 is 0 Å². The lowest BCUT2D eigenvalue weighted by Gasteiger charge is -2.20. The predicted octanol–water partition coefficient (Wildman–Crippen LogP) is 3.20. The van der Waals surface area contributed by atoms with Gasteiger partial charge in [-0.1, -0.05) is 31.2 Å². The smallest absolute Gasteiger partial charge is 0.251 e. The van der Waals surface area contributed by atoms with Crippen molar-refractivity contribution in [3.05, 3.63) is 66.0 Å². The van der Waals surface area contributed by atoms with Crippen LogP contribution in [0.1, 0.15) is 23.7 Å². The van der Waals surface area contributed by atoms with Crippen LogP contribution in [0.4, 0.5) is 4.39 Å². The summed E-state index contributed by atoms with van der Waals surface area (Å²) in [4.78, 5) is 16.1. The molecule has 6 nitrogen and oxygen atoms in total. The van der Waals surface area contributed by atoms with Crippen LogP contribution in [0.2, 0.25) is 0 Å². The fourth-order valence-electron chi connectivity index (χ4n) is 2.48. The maximum absolute atomic E-state index is 13.3. The van der Waals surface area contributed by atoms with Crippen molar-refractivity contribution in [1.82, 2.24) is 16.0 Å². The van der Waals surface area contributed by atoms with Gasteiger partial charge >= 0.3 is 0 Å². The maximum atomic E-state index is 13.3. The van der Waals surface area contributed by atoms with Crippen LogP contribution in [0.3, 0.4) is 0 Å². The summed E-state index contributed by atoms with van der Waals surface area (Å²) in [6, 6.07) is 15.2. The predicted molar refractivity (Wildman–Crippen MR) is 125 cm³/mol. The van der Waals surface area contributed by atoms with Crippen molar-refractivity contribution in [2.45, 2.75) is 19.4 Å². The second kappa shape index (κ2) is 13.8. The second-order valence-electron chi connectivity index (χ2n) is 6.11. The third-order valence-corrected chi connectivity index (χ3v) is 4.01. The molecule has 0 radical (unpaired) electrons. The Kier molecular flexibility index (Phi) is 11.7. The number of ether oxygens (including phenoxy) is 1. The summed E-state index contributed by atoms with van der Waals surface area (Å²) in [5.74, 6) is 0.672. The van der Waals surface area contributed by atoms with Gasteiger partial charge in [0.2, 0.25) is 0 Å². The van der Waals surface area contributed by atoms with E-state index in [0.717, 1.165) is 6.42 Å². The molecular weight excluding hydrogens is 486 g/mol. The van der Waals surface area contributed by atoms with E-state index in [1.807, 2.05) is 25.1 Å². The highest BCUT2D eigenvalue weighted by Crippen LogP contribution is 2.14. The molecule has 3 N–H and O–H groups in total. The number of amides is 1. The minimum Gasteiger partial charge on any atom is -0.489 e. The van der Waals surface area contributed by atoms with Gasteiger partial charge in [0.05, 0.1) is 6.54 Å². The zero-order valence-electron chi connectivity index (χ0n) is 16.7. The molecule has 0 aliphatic heterocycles. The first-order chi connectivity index (χ1) is 13.6. The summed E-state index contributed by atoms with van der Waals surface area (Å²) in [5.41, 5.74) is 0.630. The van der Waals surface area contributed by atoms with Gasteiger partial charge in [-0.25, -0.2) is 4.39 Å². The first-order valence-electron chi connectivity index (χ1n) is 9.32. The van der Waals surface area contributed by atoms with Crippen molar-refractivity contribution >= 4 is 35.8 Å². The van der Waals surface area contributed by atoms with Crippen molar-refractivity contribution in [1.29, 1.82) is 0 Å². The molecule has 29 heavy (non-hydrogen) atoms. The normalized spacial score (nSPS) is 11.8. The molecule has 0 heterocycles. The van der Waals surface area contributed by atoms with E-state index in [1.165, 1.54) is 12.1 Å². The van der Waals surface area contributed by atoms with Gasteiger partial charge in [-0.2, -0.15) is 0 Å². The average molecular weight is 514 g/mol. The van der Waals surface area contributed by atoms with Gasteiger partial charge in [0, 0.05) is 31.8 Å². The van der Waals surface area contributed by atoms with Crippen LogP contribution in [0.25, 0.3) is 0 Å². The van der Waals surface area contributed by atoms with Crippen LogP contribution < -0.4 is 20.7 Å². The first kappa shape index (κ1) is 24.7. The van der Waals surface area contributed by atoms with Crippen LogP contribution in [0, 0.1) is 5.82 Å². The highest BCUT2D eigenvalue weighted by atomic mass is 127. The second-order valence-corrected chi connectivity index (χ2v) is 6.11. The van der Waals surface area contributed by atoms with Crippen molar-refractivity contribution in [2.24, 2.45) is 4.99 Å². The fraction of sp³-hybridized carbons (Fsp3) is 0.333. The molecule has 0 aliphatic rings. The summed E-state index contributed by atoms with van der Waals surface area (Å²) < 4.78 is 19.1. The molecule has 0 spiro atoms. The Morgan fingerprint density at radius 2 is 1.79 bits per heavy atom. The molecule has 2 rings (SSSR count). The number of benzene rings is 2. The van der Waals surface area contributed by atoms with Crippen molar-refractivity contribution < 1.29 is 13.9 Å². The third-order valence-electron chi connectivity index (χ3n) is 4.01. The van der Waals surface area contributed by atoms with Gasteiger partial charge in [-0.05, 0) is 30.7 Å². The number of carbonyl (C=O) groups excluding carboxylic acids is 1. The van der Waals surface area contributed by atoms with Gasteiger partial charge in [-0.3, -0.25) is 9.79 Å². The lowest BCUT2D eigenvalue weighted by Crippen LogP contribution is -2.44. The van der Waals surface area contributed by atoms with Gasteiger partial charge in [0.25, 0.3) is 5.91 Å². The largest absolute Gasteiger partial charge is 0.489 e. The highest BCUT2D eigenvalue weighted by molar-refractivity contribution is 14.0. The SMILES string of the molecule is CCC(CNC(=NC)NCCNC(=O)c1ccccc1)Oc1cccc(F)c1.I. The zero-order valence-corrected chi connectivity index (χ0v) is 19.0. The summed E-state index contributed by atoms with van der Waals surface area (Å²) >= 11 is 0. The van der Waals surface area contributed by atoms with Gasteiger partial charge in [0.15, 0.2) is 5.96 Å². The van der Waals surface area contributed by atoms with Crippen molar-refractivity contribution in [2.75, 3.05) is 26.7 Å². The molecule has 0 aliphatic carbocycles. The topological polar surface area (TPSA) is 74.8 Å². The average Bonchev–Trinajstić information content (AvgIpc) is 2.72. The van der Waals surface area contributed by atoms with Crippen LogP contribution in [-0.4, -0.2) is 44.7 Å². The van der Waals surface area contributed by atoms with E-state index in [4.69, 9.17) is 4.74 Å². The maximum Gasteiger partial charge on any atom is 0.251 e. The lowest BCUT2D eigenvalue weighted by molar-refractivity contribution is 0.0954. The van der Waals surface area contributed by atoms with Crippen LogP contribution >= 0.6 is 24.0 Å². The quantitative estimate of drug-likeness (QED) is 0.208. The van der Waals surface area contributed by atoms with E-state index in [-0.39, 0.29) is 41.8 Å². The molecule has 158 valence electrons. The molecule has 2 aromatic carbocycles. The van der Waals surface area contributed by atoms with Crippen molar-refractivity contribution in [3.8, 4) is 5.75 Å². The Balaban J connectivity index is 0.00000420. The molecule has 1 amide bonds. The molecule has 0 saturated carbocycles. The van der Waals surface area contributed by atoms with Gasteiger partial charge in [-0.15, -0.1) is 24.0 Å². The van der Waals surface area contributed by atoms with Crippen LogP contribution in [-0.2, 0) is 0 Å². The molecular formula is C21H28FIN4O2. The number of carbonyl (C=O) groups is 1. The molecule has 0 fully saturated rings. The Labute approximate surface area is 188 Å². The Morgan fingerprint density at radius 1 is 1.07 bits per heavy atom. The Bertz CT molecular complexity index is 774. The number of hydrogen-bond acceptors (Lipinski definition) is 3. The summed E-state index contributed by atoms with van der Waals surface area (Å²) in [6.07, 6.45) is 0.631. The third kappa shape index (κ3) is 9.12. The number of guanidine groups is 1. The number of aliphatic imine (C=N–C) groups is 1. The monoisotopic (exact) mass is 514 g/mol. The van der Waals surface area contributed by atoms with Crippen LogP contribution in [0.5, 0.6) is 5.75 Å². The molecule has 0 aromatic heterocycles. The minimum atomic E-state index is -0.324. The van der Waals surface area contributed by atoms with E-state index in [9.17, 15) is 9.18 Å². The highest BCUT2D eigenvalue weighted by Gasteiger charge is 2.10. The summed E-state index contributed by atoms with van der Waals surface area (Å²) in [7, 11) is 1.67. The summed E-state index contributed by atoms with van der Waals surface area (Å²) in [6.45, 7) is 3.51. The van der Waals surface area contributed by atoms with Crippen LogP contribution in [0.15, 0.2) is 59.6 Å². The zero-order chi connectivity index (χ0) is 20.2. The number of halogens is 2. The molecule has 0 bridgehead atoms. The number of hydrogen-bond donors (Lipinski definition) is 3. The summed E-state index contributed by atoms with van der Waals surface area (Å²) in [5, 5.41) is 9.17. The molecule has 8 heteroatoms. The fourth-order valence-corrected chi connectivity index (χ4v) is 2.48. The lowest BCUT2D eigenvalue weighted by atomic mass is 10.2. The van der Waals surface area contributed by atoms with E-state index in [1.54, 1.807) is 31.3 Å². The Hall–Kier alpha value is -2.36. The Morgan fingerprint density at radius 3 is 2.45 bits per heavy atom. The van der Waals surface area contributed by atoms with Crippen molar-refractivity contribution in [3.63, 3.8) is 0 Å². The number of nitrogens with one attached hydrogen (secondary N) is 3. The van der Waals surface area contributed by atoms with E-state index in [2.05, 4.69) is 20.9 Å². The molecule has 0 saturated heterocycles. The number of rotatable bonds is 9. The minimum absolute atomic E-state index is 0. The first-order valence-corrected chi connectivity index (χ1v) is 9.32. The van der Waals surface area contributed by atoms with Gasteiger partial charge < -0.3 is 20.7 Å². The molecule has 1 unspecified atom stereocenters. The molecule has 2 aromatic rings. The van der Waals surface area contributed by atoms with Gasteiger partial charge in [0.1, 0.15) is 17.7 Å². The standard InChI is InChI=1S/C21H27FN4O2.HI/c1-3-18(28-19-11-7-10-17(22)14-19)15-26-21(23-2)25-13-12-24-20(27)16-8-5-4-6-9-16;/h4-11,14,18H,3,12-13,15H2,1-2H3,(H,24,27)(H2,23,25,26);1H.